The van der Waals surface area contributed by atoms with E-state index in [9.17, 15) is 0 Å². The third-order valence-electron chi connectivity index (χ3n) is 1.45. The van der Waals surface area contributed by atoms with Gasteiger partial charge in [-0.1, -0.05) is 24.3 Å². The van der Waals surface area contributed by atoms with Crippen molar-refractivity contribution in [2.75, 3.05) is 13.2 Å². The summed E-state index contributed by atoms with van der Waals surface area (Å²) in [5.74, 6) is 0.881. The van der Waals surface area contributed by atoms with Crippen molar-refractivity contribution in [3.8, 4) is 5.75 Å². The van der Waals surface area contributed by atoms with E-state index in [-0.39, 0.29) is 0 Å². The molecule has 0 bridgehead atoms. The van der Waals surface area contributed by atoms with Crippen LogP contribution in [0.25, 0.3) is 0 Å². The number of hydrogen-bond acceptors (Lipinski definition) is 2. The Hall–Kier alpha value is -1.44. The second-order valence-corrected chi connectivity index (χ2v) is 2.50. The van der Waals surface area contributed by atoms with E-state index >= 15 is 0 Å². The lowest BCUT2D eigenvalue weighted by atomic mass is 10.3. The topological polar surface area (TPSA) is 18.5 Å². The Morgan fingerprint density at radius 2 is 1.92 bits per heavy atom. The summed E-state index contributed by atoms with van der Waals surface area (Å²) < 4.78 is 10.5. The molecule has 0 aliphatic carbocycles. The summed E-state index contributed by atoms with van der Waals surface area (Å²) in [7, 11) is 0. The van der Waals surface area contributed by atoms with Crippen molar-refractivity contribution >= 4 is 0 Å². The highest BCUT2D eigenvalue weighted by molar-refractivity contribution is 5.20. The summed E-state index contributed by atoms with van der Waals surface area (Å²) in [4.78, 5) is 0. The average molecular weight is 178 g/mol. The molecule has 0 saturated heterocycles. The Morgan fingerprint density at radius 1 is 1.15 bits per heavy atom. The van der Waals surface area contributed by atoms with E-state index in [1.807, 2.05) is 43.3 Å². The molecule has 0 fully saturated rings. The SMILES string of the molecule is CC=COCCOc1ccccc1. The third-order valence-corrected chi connectivity index (χ3v) is 1.45. The van der Waals surface area contributed by atoms with Crippen LogP contribution in [0.5, 0.6) is 5.75 Å². The first-order valence-corrected chi connectivity index (χ1v) is 4.34. The van der Waals surface area contributed by atoms with Gasteiger partial charge in [0.25, 0.3) is 0 Å². The van der Waals surface area contributed by atoms with Crippen LogP contribution in [0.1, 0.15) is 6.92 Å². The van der Waals surface area contributed by atoms with Crippen LogP contribution >= 0.6 is 0 Å². The smallest absolute Gasteiger partial charge is 0.122 e. The van der Waals surface area contributed by atoms with Crippen molar-refractivity contribution in [1.29, 1.82) is 0 Å². The molecule has 0 aromatic heterocycles. The molecule has 0 saturated carbocycles. The minimum absolute atomic E-state index is 0.578. The van der Waals surface area contributed by atoms with Gasteiger partial charge in [-0.15, -0.1) is 0 Å². The van der Waals surface area contributed by atoms with Gasteiger partial charge in [0.05, 0.1) is 6.26 Å². The largest absolute Gasteiger partial charge is 0.498 e. The van der Waals surface area contributed by atoms with E-state index in [4.69, 9.17) is 9.47 Å². The zero-order valence-electron chi connectivity index (χ0n) is 7.77. The minimum atomic E-state index is 0.578. The van der Waals surface area contributed by atoms with Gasteiger partial charge in [0.1, 0.15) is 19.0 Å². The molecular weight excluding hydrogens is 164 g/mol. The Kier molecular flexibility index (Phi) is 4.54. The van der Waals surface area contributed by atoms with Gasteiger partial charge in [0.15, 0.2) is 0 Å². The predicted octanol–water partition coefficient (Wildman–Crippen LogP) is 2.62. The zero-order valence-corrected chi connectivity index (χ0v) is 7.77. The molecule has 1 rings (SSSR count). The van der Waals surface area contributed by atoms with Crippen molar-refractivity contribution in [2.24, 2.45) is 0 Å². The molecule has 0 amide bonds. The van der Waals surface area contributed by atoms with Crippen LogP contribution in [-0.4, -0.2) is 13.2 Å². The maximum atomic E-state index is 5.39. The van der Waals surface area contributed by atoms with Gasteiger partial charge in [-0.05, 0) is 19.1 Å². The molecule has 2 heteroatoms. The van der Waals surface area contributed by atoms with Gasteiger partial charge in [0, 0.05) is 0 Å². The molecule has 0 heterocycles. The van der Waals surface area contributed by atoms with Crippen molar-refractivity contribution in [3.05, 3.63) is 42.7 Å². The first kappa shape index (κ1) is 9.65. The molecule has 70 valence electrons. The first-order chi connectivity index (χ1) is 6.43. The van der Waals surface area contributed by atoms with Crippen LogP contribution in [0.4, 0.5) is 0 Å². The zero-order chi connectivity index (χ0) is 9.36. The molecular formula is C11H14O2. The van der Waals surface area contributed by atoms with E-state index in [2.05, 4.69) is 0 Å². The van der Waals surface area contributed by atoms with Crippen LogP contribution in [0.3, 0.4) is 0 Å². The molecule has 13 heavy (non-hydrogen) atoms. The van der Waals surface area contributed by atoms with E-state index in [0.717, 1.165) is 5.75 Å². The van der Waals surface area contributed by atoms with Gasteiger partial charge >= 0.3 is 0 Å². The van der Waals surface area contributed by atoms with Crippen LogP contribution in [0.15, 0.2) is 42.7 Å². The van der Waals surface area contributed by atoms with E-state index in [1.165, 1.54) is 0 Å². The van der Waals surface area contributed by atoms with E-state index < -0.39 is 0 Å². The molecule has 0 radical (unpaired) electrons. The maximum absolute atomic E-state index is 5.39. The molecule has 1 aromatic carbocycles. The molecule has 2 nitrogen and oxygen atoms in total. The molecule has 1 aromatic rings. The summed E-state index contributed by atoms with van der Waals surface area (Å²) >= 11 is 0. The Bertz CT molecular complexity index is 242. The predicted molar refractivity (Wildman–Crippen MR) is 52.7 cm³/mol. The van der Waals surface area contributed by atoms with Crippen molar-refractivity contribution in [2.45, 2.75) is 6.92 Å². The Morgan fingerprint density at radius 3 is 2.62 bits per heavy atom. The van der Waals surface area contributed by atoms with Crippen LogP contribution in [0, 0.1) is 0 Å². The fourth-order valence-corrected chi connectivity index (χ4v) is 0.889. The lowest BCUT2D eigenvalue weighted by molar-refractivity contribution is 0.179. The van der Waals surface area contributed by atoms with Gasteiger partial charge < -0.3 is 9.47 Å². The highest BCUT2D eigenvalue weighted by atomic mass is 16.5. The summed E-state index contributed by atoms with van der Waals surface area (Å²) in [6, 6.07) is 9.71. The van der Waals surface area contributed by atoms with Crippen LogP contribution < -0.4 is 4.74 Å². The highest BCUT2D eigenvalue weighted by Gasteiger charge is 1.89. The van der Waals surface area contributed by atoms with Crippen LogP contribution in [-0.2, 0) is 4.74 Å². The fraction of sp³-hybridized carbons (Fsp3) is 0.273. The van der Waals surface area contributed by atoms with Gasteiger partial charge in [-0.3, -0.25) is 0 Å². The van der Waals surface area contributed by atoms with Crippen molar-refractivity contribution in [3.63, 3.8) is 0 Å². The second-order valence-electron chi connectivity index (χ2n) is 2.50. The standard InChI is InChI=1S/C11H14O2/c1-2-8-12-9-10-13-11-6-4-3-5-7-11/h2-8H,9-10H2,1H3. The van der Waals surface area contributed by atoms with Gasteiger partial charge in [-0.2, -0.15) is 0 Å². The number of rotatable bonds is 5. The number of para-hydroxylation sites is 1. The van der Waals surface area contributed by atoms with Gasteiger partial charge in [0.2, 0.25) is 0 Å². The fourth-order valence-electron chi connectivity index (χ4n) is 0.889. The third kappa shape index (κ3) is 4.21. The molecule has 0 aliphatic heterocycles. The van der Waals surface area contributed by atoms with Crippen molar-refractivity contribution in [1.82, 2.24) is 0 Å². The van der Waals surface area contributed by atoms with Crippen LogP contribution in [0.2, 0.25) is 0 Å². The lowest BCUT2D eigenvalue weighted by Gasteiger charge is -2.04. The number of allylic oxidation sites excluding steroid dienone is 1. The van der Waals surface area contributed by atoms with Crippen molar-refractivity contribution < 1.29 is 9.47 Å². The first-order valence-electron chi connectivity index (χ1n) is 4.34. The molecule has 0 spiro atoms. The molecule has 0 unspecified atom stereocenters. The summed E-state index contributed by atoms with van der Waals surface area (Å²) in [6.45, 7) is 3.08. The second kappa shape index (κ2) is 6.12. The highest BCUT2D eigenvalue weighted by Crippen LogP contribution is 2.07. The summed E-state index contributed by atoms with van der Waals surface area (Å²) in [5.41, 5.74) is 0. The number of ether oxygens (including phenoxy) is 2. The molecule has 0 N–H and O–H groups in total. The Balaban J connectivity index is 2.13. The number of hydrogen-bond donors (Lipinski definition) is 0. The van der Waals surface area contributed by atoms with Gasteiger partial charge in [-0.25, -0.2) is 0 Å². The minimum Gasteiger partial charge on any atom is -0.498 e. The quantitative estimate of drug-likeness (QED) is 0.509. The summed E-state index contributed by atoms with van der Waals surface area (Å²) in [6.07, 6.45) is 3.51. The number of benzene rings is 1. The van der Waals surface area contributed by atoms with E-state index in [1.54, 1.807) is 6.26 Å². The average Bonchev–Trinajstić information content (AvgIpc) is 2.19. The maximum Gasteiger partial charge on any atom is 0.122 e. The monoisotopic (exact) mass is 178 g/mol. The lowest BCUT2D eigenvalue weighted by Crippen LogP contribution is -2.03. The Labute approximate surface area is 78.8 Å². The normalized spacial score (nSPS) is 10.2. The summed E-state index contributed by atoms with van der Waals surface area (Å²) in [5, 5.41) is 0. The molecule has 0 aliphatic rings. The molecule has 0 atom stereocenters. The van der Waals surface area contributed by atoms with E-state index in [0.29, 0.717) is 13.2 Å².